The van der Waals surface area contributed by atoms with Crippen LogP contribution >= 0.6 is 0 Å². The smallest absolute Gasteiger partial charge is 0.0892 e. The first kappa shape index (κ1) is 12.1. The molecule has 0 saturated carbocycles. The minimum Gasteiger partial charge on any atom is -0.309 e. The molecule has 1 unspecified atom stereocenters. The fourth-order valence-corrected chi connectivity index (χ4v) is 0.979. The van der Waals surface area contributed by atoms with Gasteiger partial charge in [0.05, 0.1) is 31.8 Å². The molecule has 0 spiro atoms. The molecule has 1 atom stereocenters. The molecule has 1 N–H and O–H groups in total. The van der Waals surface area contributed by atoms with E-state index in [1.54, 1.807) is 0 Å². The molecular weight excluding hydrogens is 162 g/mol. The standard InChI is InChI=1S/C10H19N3/c1-4-11-10-12-8-7-9-13(5-2)6-3/h5H,2,4,6-9H2,1,3H3/p+1. The van der Waals surface area contributed by atoms with Gasteiger partial charge in [-0.2, -0.15) is 0 Å². The lowest BCUT2D eigenvalue weighted by Gasteiger charge is -2.09. The van der Waals surface area contributed by atoms with Crippen LogP contribution in [0.15, 0.2) is 22.8 Å². The van der Waals surface area contributed by atoms with Crippen molar-refractivity contribution >= 4 is 6.01 Å². The zero-order valence-electron chi connectivity index (χ0n) is 8.71. The third kappa shape index (κ3) is 7.44. The van der Waals surface area contributed by atoms with Crippen LogP contribution in [0.3, 0.4) is 0 Å². The summed E-state index contributed by atoms with van der Waals surface area (Å²) in [6, 6.07) is 2.66. The Bertz CT molecular complexity index is 181. The minimum atomic E-state index is 0.766. The van der Waals surface area contributed by atoms with Gasteiger partial charge < -0.3 is 4.90 Å². The van der Waals surface area contributed by atoms with E-state index in [9.17, 15) is 0 Å². The number of aliphatic imine (C=N–C) groups is 2. The summed E-state index contributed by atoms with van der Waals surface area (Å²) in [7, 11) is 0. The van der Waals surface area contributed by atoms with E-state index >= 15 is 0 Å². The molecule has 0 amide bonds. The number of quaternary nitrogens is 1. The maximum atomic E-state index is 4.04. The predicted molar refractivity (Wildman–Crippen MR) is 56.5 cm³/mol. The van der Waals surface area contributed by atoms with E-state index in [0.717, 1.165) is 32.6 Å². The third-order valence-corrected chi connectivity index (χ3v) is 1.81. The maximum Gasteiger partial charge on any atom is 0.0892 e. The molecule has 0 rings (SSSR count). The van der Waals surface area contributed by atoms with Crippen molar-refractivity contribution in [3.63, 3.8) is 0 Å². The topological polar surface area (TPSA) is 29.2 Å². The quantitative estimate of drug-likeness (QED) is 0.442. The van der Waals surface area contributed by atoms with E-state index in [2.05, 4.69) is 29.5 Å². The van der Waals surface area contributed by atoms with E-state index in [4.69, 9.17) is 0 Å². The highest BCUT2D eigenvalue weighted by atomic mass is 15.1. The number of rotatable bonds is 7. The van der Waals surface area contributed by atoms with Crippen LogP contribution in [0.5, 0.6) is 0 Å². The Hall–Kier alpha value is -0.920. The van der Waals surface area contributed by atoms with Gasteiger partial charge in [0, 0.05) is 13.0 Å². The van der Waals surface area contributed by atoms with Gasteiger partial charge in [-0.25, -0.2) is 9.98 Å². The molecule has 13 heavy (non-hydrogen) atoms. The Kier molecular flexibility index (Phi) is 8.52. The van der Waals surface area contributed by atoms with E-state index in [-0.39, 0.29) is 0 Å². The number of nitrogens with zero attached hydrogens (tertiary/aromatic N) is 2. The average Bonchev–Trinajstić information content (AvgIpc) is 2.17. The highest BCUT2D eigenvalue weighted by molar-refractivity contribution is 5.40. The van der Waals surface area contributed by atoms with E-state index in [0.29, 0.717) is 0 Å². The molecule has 3 heteroatoms. The maximum absolute atomic E-state index is 4.04. The Labute approximate surface area is 80.9 Å². The van der Waals surface area contributed by atoms with E-state index < -0.39 is 0 Å². The zero-order chi connectivity index (χ0) is 9.94. The summed E-state index contributed by atoms with van der Waals surface area (Å²) in [5.41, 5.74) is 0. The number of nitrogens with one attached hydrogen (secondary N) is 1. The van der Waals surface area contributed by atoms with Crippen molar-refractivity contribution in [2.45, 2.75) is 20.3 Å². The predicted octanol–water partition coefficient (Wildman–Crippen LogP) is 0.619. The van der Waals surface area contributed by atoms with Crippen LogP contribution in [0.25, 0.3) is 0 Å². The second kappa shape index (κ2) is 9.17. The first-order valence-electron chi connectivity index (χ1n) is 4.90. The normalized spacial score (nSPS) is 11.5. The van der Waals surface area contributed by atoms with Crippen molar-refractivity contribution in [1.82, 2.24) is 0 Å². The highest BCUT2D eigenvalue weighted by Gasteiger charge is 1.97. The average molecular weight is 182 g/mol. The molecule has 0 bridgehead atoms. The number of hydrogen-bond donors (Lipinski definition) is 1. The van der Waals surface area contributed by atoms with Gasteiger partial charge in [0.15, 0.2) is 0 Å². The van der Waals surface area contributed by atoms with Gasteiger partial charge in [0.1, 0.15) is 0 Å². The lowest BCUT2D eigenvalue weighted by molar-refractivity contribution is -0.844. The van der Waals surface area contributed by atoms with Crippen LogP contribution in [0.4, 0.5) is 0 Å². The van der Waals surface area contributed by atoms with Gasteiger partial charge >= 0.3 is 0 Å². The van der Waals surface area contributed by atoms with Crippen LogP contribution in [0, 0.1) is 0 Å². The summed E-state index contributed by atoms with van der Waals surface area (Å²) >= 11 is 0. The van der Waals surface area contributed by atoms with Crippen molar-refractivity contribution in [1.29, 1.82) is 0 Å². The lowest BCUT2D eigenvalue weighted by atomic mass is 10.4. The first-order valence-corrected chi connectivity index (χ1v) is 4.90. The molecule has 0 aliphatic heterocycles. The lowest BCUT2D eigenvalue weighted by Crippen LogP contribution is -3.07. The molecule has 0 fully saturated rings. The van der Waals surface area contributed by atoms with E-state index in [1.807, 2.05) is 13.1 Å². The molecule has 0 radical (unpaired) electrons. The van der Waals surface area contributed by atoms with Gasteiger partial charge in [-0.15, -0.1) is 0 Å². The van der Waals surface area contributed by atoms with Crippen LogP contribution < -0.4 is 4.90 Å². The van der Waals surface area contributed by atoms with Crippen molar-refractivity contribution < 1.29 is 4.90 Å². The minimum absolute atomic E-state index is 0.766. The third-order valence-electron chi connectivity index (χ3n) is 1.81. The van der Waals surface area contributed by atoms with Crippen LogP contribution in [-0.4, -0.2) is 32.2 Å². The molecule has 0 aliphatic carbocycles. The van der Waals surface area contributed by atoms with Gasteiger partial charge in [-0.3, -0.25) is 0 Å². The largest absolute Gasteiger partial charge is 0.309 e. The number of hydrogen-bond acceptors (Lipinski definition) is 2. The highest BCUT2D eigenvalue weighted by Crippen LogP contribution is 1.74. The van der Waals surface area contributed by atoms with Crippen LogP contribution in [0.2, 0.25) is 0 Å². The van der Waals surface area contributed by atoms with Crippen LogP contribution in [-0.2, 0) is 0 Å². The van der Waals surface area contributed by atoms with Crippen LogP contribution in [0.1, 0.15) is 20.3 Å². The zero-order valence-corrected chi connectivity index (χ0v) is 8.71. The first-order chi connectivity index (χ1) is 6.35. The second-order valence-electron chi connectivity index (χ2n) is 2.78. The van der Waals surface area contributed by atoms with Crippen molar-refractivity contribution in [3.05, 3.63) is 12.8 Å². The molecule has 0 aromatic heterocycles. The fraction of sp³-hybridized carbons (Fsp3) is 0.700. The van der Waals surface area contributed by atoms with Crippen molar-refractivity contribution in [2.24, 2.45) is 9.98 Å². The van der Waals surface area contributed by atoms with Gasteiger partial charge in [-0.05, 0) is 20.4 Å². The summed E-state index contributed by atoms with van der Waals surface area (Å²) in [6.45, 7) is 11.7. The van der Waals surface area contributed by atoms with Gasteiger partial charge in [-0.1, -0.05) is 0 Å². The van der Waals surface area contributed by atoms with Crippen molar-refractivity contribution in [2.75, 3.05) is 26.2 Å². The summed E-state index contributed by atoms with van der Waals surface area (Å²) in [4.78, 5) is 9.33. The summed E-state index contributed by atoms with van der Waals surface area (Å²) in [5, 5.41) is 0. The molecule has 0 saturated heterocycles. The monoisotopic (exact) mass is 182 g/mol. The molecule has 3 nitrogen and oxygen atoms in total. The fourth-order valence-electron chi connectivity index (χ4n) is 0.979. The van der Waals surface area contributed by atoms with Crippen molar-refractivity contribution in [3.8, 4) is 0 Å². The molecular formula is C10H20N3+. The molecule has 0 heterocycles. The summed E-state index contributed by atoms with van der Waals surface area (Å²) in [5.74, 6) is 0. The Morgan fingerprint density at radius 3 is 2.69 bits per heavy atom. The Balaban J connectivity index is 3.44. The molecule has 0 aromatic carbocycles. The SMILES string of the molecule is C=C[NH+](CC)CCCN=C=NCC. The molecule has 0 aromatic rings. The molecule has 74 valence electrons. The van der Waals surface area contributed by atoms with E-state index in [1.165, 1.54) is 4.90 Å². The van der Waals surface area contributed by atoms with Gasteiger partial charge in [0.25, 0.3) is 0 Å². The molecule has 0 aliphatic rings. The Morgan fingerprint density at radius 2 is 2.15 bits per heavy atom. The Morgan fingerprint density at radius 1 is 1.38 bits per heavy atom. The second-order valence-corrected chi connectivity index (χ2v) is 2.78. The van der Waals surface area contributed by atoms with Gasteiger partial charge in [0.2, 0.25) is 0 Å². The summed E-state index contributed by atoms with van der Waals surface area (Å²) < 4.78 is 0. The summed E-state index contributed by atoms with van der Waals surface area (Å²) in [6.07, 6.45) is 3.02.